The fraction of sp³-hybridized carbons (Fsp3) is 0.360. The van der Waals surface area contributed by atoms with Crippen molar-refractivity contribution in [1.29, 1.82) is 0 Å². The topological polar surface area (TPSA) is 129 Å². The zero-order valence-electron chi connectivity index (χ0n) is 18.4. The van der Waals surface area contributed by atoms with E-state index in [1.54, 1.807) is 18.6 Å². The van der Waals surface area contributed by atoms with Crippen molar-refractivity contribution >= 4 is 17.4 Å². The first-order chi connectivity index (χ1) is 16.1. The monoisotopic (exact) mass is 444 g/mol. The van der Waals surface area contributed by atoms with Crippen LogP contribution in [0, 0.1) is 5.92 Å². The van der Waals surface area contributed by atoms with Gasteiger partial charge in [0.15, 0.2) is 11.5 Å². The SMILES string of the molecule is Nc1ncc(-c2ccccc2)nc1C(=O)Nc1cnccc1[C@H]1C[C@@H](N)[C@H]2CCCC[C@H]2O1. The highest BCUT2D eigenvalue weighted by atomic mass is 16.5. The van der Waals surface area contributed by atoms with E-state index in [1.165, 1.54) is 6.42 Å². The smallest absolute Gasteiger partial charge is 0.278 e. The number of carbonyl (C=O) groups excluding carboxylic acids is 1. The molecule has 2 aromatic heterocycles. The average Bonchev–Trinajstić information content (AvgIpc) is 2.85. The molecule has 170 valence electrons. The zero-order chi connectivity index (χ0) is 22.8. The second kappa shape index (κ2) is 9.25. The van der Waals surface area contributed by atoms with Crippen molar-refractivity contribution in [3.63, 3.8) is 0 Å². The molecule has 33 heavy (non-hydrogen) atoms. The highest BCUT2D eigenvalue weighted by Gasteiger charge is 2.39. The van der Waals surface area contributed by atoms with Gasteiger partial charge in [0.25, 0.3) is 5.91 Å². The molecule has 0 spiro atoms. The molecule has 8 nitrogen and oxygen atoms in total. The minimum absolute atomic E-state index is 0.0682. The standard InChI is InChI=1S/C25H28N6O2/c26-18-12-22(33-21-9-5-4-8-16(18)21)17-10-11-28-13-20(17)31-25(32)23-24(27)29-14-19(30-23)15-6-2-1-3-7-15/h1-3,6-7,10-11,13-14,16,18,21-22H,4-5,8-9,12,26H2,(H2,27,29)(H,31,32)/t16-,18-,21-,22-/m1/s1. The van der Waals surface area contributed by atoms with Gasteiger partial charge in [-0.15, -0.1) is 0 Å². The summed E-state index contributed by atoms with van der Waals surface area (Å²) in [6.45, 7) is 0. The Kier molecular flexibility index (Phi) is 6.02. The van der Waals surface area contributed by atoms with Crippen molar-refractivity contribution in [1.82, 2.24) is 15.0 Å². The number of carbonyl (C=O) groups is 1. The van der Waals surface area contributed by atoms with Crippen LogP contribution in [0.3, 0.4) is 0 Å². The highest BCUT2D eigenvalue weighted by molar-refractivity contribution is 6.06. The van der Waals surface area contributed by atoms with Crippen molar-refractivity contribution in [3.8, 4) is 11.3 Å². The van der Waals surface area contributed by atoms with Crippen LogP contribution in [-0.2, 0) is 4.74 Å². The number of anilines is 2. The van der Waals surface area contributed by atoms with E-state index < -0.39 is 5.91 Å². The summed E-state index contributed by atoms with van der Waals surface area (Å²) in [4.78, 5) is 26.0. The number of hydrogen-bond acceptors (Lipinski definition) is 7. The van der Waals surface area contributed by atoms with Crippen LogP contribution in [0.4, 0.5) is 11.5 Å². The molecule has 1 saturated heterocycles. The van der Waals surface area contributed by atoms with Crippen LogP contribution in [0.5, 0.6) is 0 Å². The first kappa shape index (κ1) is 21.5. The first-order valence-electron chi connectivity index (χ1n) is 11.4. The third kappa shape index (κ3) is 4.44. The van der Waals surface area contributed by atoms with Crippen molar-refractivity contribution in [3.05, 3.63) is 66.2 Å². The average molecular weight is 445 g/mol. The van der Waals surface area contributed by atoms with E-state index in [0.29, 0.717) is 23.7 Å². The molecule has 2 aliphatic rings. The minimum atomic E-state index is -0.442. The molecule has 3 heterocycles. The van der Waals surface area contributed by atoms with Gasteiger partial charge >= 0.3 is 0 Å². The number of ether oxygens (including phenoxy) is 1. The molecule has 5 N–H and O–H groups in total. The van der Waals surface area contributed by atoms with Gasteiger partial charge in [-0.05, 0) is 25.3 Å². The van der Waals surface area contributed by atoms with E-state index in [9.17, 15) is 4.79 Å². The van der Waals surface area contributed by atoms with Gasteiger partial charge in [0, 0.05) is 29.3 Å². The summed E-state index contributed by atoms with van der Waals surface area (Å²) in [5.74, 6) is 0.0342. The summed E-state index contributed by atoms with van der Waals surface area (Å²) in [6, 6.07) is 11.5. The fourth-order valence-electron chi connectivity index (χ4n) is 4.96. The van der Waals surface area contributed by atoms with Gasteiger partial charge in [-0.2, -0.15) is 0 Å². The van der Waals surface area contributed by atoms with Crippen molar-refractivity contribution in [2.45, 2.75) is 50.4 Å². The van der Waals surface area contributed by atoms with Gasteiger partial charge in [-0.25, -0.2) is 9.97 Å². The Morgan fingerprint density at radius 3 is 2.76 bits per heavy atom. The lowest BCUT2D eigenvalue weighted by Crippen LogP contribution is -2.47. The van der Waals surface area contributed by atoms with Gasteiger partial charge in [0.05, 0.1) is 36.0 Å². The number of benzene rings is 1. The normalized spacial score (nSPS) is 24.6. The van der Waals surface area contributed by atoms with Gasteiger partial charge in [0.1, 0.15) is 0 Å². The number of aromatic nitrogens is 3. The molecular weight excluding hydrogens is 416 g/mol. The molecular formula is C25H28N6O2. The second-order valence-electron chi connectivity index (χ2n) is 8.78. The Bertz CT molecular complexity index is 1140. The summed E-state index contributed by atoms with van der Waals surface area (Å²) < 4.78 is 6.46. The van der Waals surface area contributed by atoms with E-state index in [2.05, 4.69) is 20.3 Å². The minimum Gasteiger partial charge on any atom is -0.382 e. The largest absolute Gasteiger partial charge is 0.382 e. The predicted octanol–water partition coefficient (Wildman–Crippen LogP) is 3.72. The number of nitrogen functional groups attached to an aromatic ring is 1. The Balaban J connectivity index is 1.39. The number of nitrogens with zero attached hydrogens (tertiary/aromatic N) is 3. The highest BCUT2D eigenvalue weighted by Crippen LogP contribution is 2.42. The zero-order valence-corrected chi connectivity index (χ0v) is 18.4. The Hall–Kier alpha value is -3.36. The molecule has 1 saturated carbocycles. The van der Waals surface area contributed by atoms with E-state index in [0.717, 1.165) is 30.4 Å². The molecule has 8 heteroatoms. The maximum absolute atomic E-state index is 13.2. The molecule has 1 aliphatic carbocycles. The molecule has 0 unspecified atom stereocenters. The van der Waals surface area contributed by atoms with E-state index in [4.69, 9.17) is 16.2 Å². The maximum atomic E-state index is 13.2. The maximum Gasteiger partial charge on any atom is 0.278 e. The number of rotatable bonds is 4. The lowest BCUT2D eigenvalue weighted by atomic mass is 9.77. The van der Waals surface area contributed by atoms with Crippen molar-refractivity contribution < 1.29 is 9.53 Å². The number of fused-ring (bicyclic) bond motifs is 1. The molecule has 1 aliphatic heterocycles. The summed E-state index contributed by atoms with van der Waals surface area (Å²) in [5, 5.41) is 2.93. The number of amides is 1. The third-order valence-corrected chi connectivity index (χ3v) is 6.66. The van der Waals surface area contributed by atoms with E-state index >= 15 is 0 Å². The van der Waals surface area contributed by atoms with E-state index in [1.807, 2.05) is 36.4 Å². The summed E-state index contributed by atoms with van der Waals surface area (Å²) >= 11 is 0. The summed E-state index contributed by atoms with van der Waals surface area (Å²) in [5.41, 5.74) is 15.5. The van der Waals surface area contributed by atoms with Crippen molar-refractivity contribution in [2.75, 3.05) is 11.1 Å². The molecule has 2 fully saturated rings. The first-order valence-corrected chi connectivity index (χ1v) is 11.4. The van der Waals surface area contributed by atoms with Gasteiger partial charge in [-0.1, -0.05) is 43.2 Å². The molecule has 4 atom stereocenters. The van der Waals surface area contributed by atoms with Gasteiger partial charge in [-0.3, -0.25) is 9.78 Å². The van der Waals surface area contributed by atoms with Crippen LogP contribution in [0.1, 0.15) is 54.3 Å². The van der Waals surface area contributed by atoms with Gasteiger partial charge in [0.2, 0.25) is 0 Å². The summed E-state index contributed by atoms with van der Waals surface area (Å²) in [7, 11) is 0. The predicted molar refractivity (Wildman–Crippen MR) is 126 cm³/mol. The third-order valence-electron chi connectivity index (χ3n) is 6.66. The molecule has 5 rings (SSSR count). The lowest BCUT2D eigenvalue weighted by Gasteiger charge is -2.43. The number of nitrogens with two attached hydrogens (primary N) is 2. The Labute approximate surface area is 192 Å². The van der Waals surface area contributed by atoms with E-state index in [-0.39, 0.29) is 29.8 Å². The molecule has 0 bridgehead atoms. The second-order valence-corrected chi connectivity index (χ2v) is 8.78. The van der Waals surface area contributed by atoms with Gasteiger partial charge < -0.3 is 21.5 Å². The number of hydrogen-bond donors (Lipinski definition) is 3. The lowest BCUT2D eigenvalue weighted by molar-refractivity contribution is -0.109. The fourth-order valence-corrected chi connectivity index (χ4v) is 4.96. The molecule has 0 radical (unpaired) electrons. The van der Waals surface area contributed by atoms with Crippen LogP contribution >= 0.6 is 0 Å². The molecule has 3 aromatic rings. The van der Waals surface area contributed by atoms with Crippen LogP contribution in [-0.4, -0.2) is 33.0 Å². The summed E-state index contributed by atoms with van der Waals surface area (Å²) in [6.07, 6.45) is 10.1. The van der Waals surface area contributed by atoms with Crippen LogP contribution in [0.2, 0.25) is 0 Å². The van der Waals surface area contributed by atoms with Crippen molar-refractivity contribution in [2.24, 2.45) is 11.7 Å². The number of pyridine rings is 1. The molecule has 1 amide bonds. The Morgan fingerprint density at radius 2 is 1.91 bits per heavy atom. The Morgan fingerprint density at radius 1 is 1.09 bits per heavy atom. The number of nitrogens with one attached hydrogen (secondary N) is 1. The molecule has 1 aromatic carbocycles. The van der Waals surface area contributed by atoms with Crippen LogP contribution in [0.25, 0.3) is 11.3 Å². The van der Waals surface area contributed by atoms with Crippen LogP contribution in [0.15, 0.2) is 55.0 Å². The quantitative estimate of drug-likeness (QED) is 0.559. The van der Waals surface area contributed by atoms with Crippen LogP contribution < -0.4 is 16.8 Å².